The summed E-state index contributed by atoms with van der Waals surface area (Å²) in [6, 6.07) is 15.5. The van der Waals surface area contributed by atoms with Gasteiger partial charge in [0.05, 0.1) is 17.2 Å². The molecule has 134 valence electrons. The molecule has 0 aliphatic rings. The van der Waals surface area contributed by atoms with Gasteiger partial charge in [0.1, 0.15) is 29.6 Å². The molecule has 0 spiro atoms. The van der Waals surface area contributed by atoms with Gasteiger partial charge in [0.2, 0.25) is 0 Å². The van der Waals surface area contributed by atoms with Gasteiger partial charge < -0.3 is 0 Å². The lowest BCUT2D eigenvalue weighted by molar-refractivity contribution is 0.627. The Balaban J connectivity index is 2.38. The van der Waals surface area contributed by atoms with Gasteiger partial charge in [-0.05, 0) is 41.1 Å². The lowest BCUT2D eigenvalue weighted by Gasteiger charge is -2.06. The van der Waals surface area contributed by atoms with E-state index in [0.717, 1.165) is 15.5 Å². The Morgan fingerprint density at radius 2 is 1.41 bits per heavy atom. The van der Waals surface area contributed by atoms with E-state index in [2.05, 4.69) is 6.07 Å². The molecule has 0 fully saturated rings. The van der Waals surface area contributed by atoms with Crippen LogP contribution in [0.15, 0.2) is 41.1 Å². The Morgan fingerprint density at radius 3 is 2.00 bits per heavy atom. The van der Waals surface area contributed by atoms with E-state index >= 15 is 0 Å². The van der Waals surface area contributed by atoms with Crippen molar-refractivity contribution < 1.29 is 4.39 Å². The van der Waals surface area contributed by atoms with Crippen LogP contribution in [0.25, 0.3) is 31.3 Å². The number of nitriles is 4. The number of benzene rings is 2. The van der Waals surface area contributed by atoms with Gasteiger partial charge in [-0.1, -0.05) is 0 Å². The van der Waals surface area contributed by atoms with Crippen molar-refractivity contribution in [2.45, 2.75) is 0 Å². The fraction of sp³-hybridized carbons (Fsp3) is 0. The topological polar surface area (TPSA) is 95.2 Å². The van der Waals surface area contributed by atoms with Crippen LogP contribution in [0.4, 0.5) is 4.39 Å². The van der Waals surface area contributed by atoms with E-state index in [0.29, 0.717) is 26.8 Å². The van der Waals surface area contributed by atoms with E-state index in [-0.39, 0.29) is 16.7 Å². The predicted molar refractivity (Wildman–Crippen MR) is 110 cm³/mol. The second kappa shape index (κ2) is 7.19. The Morgan fingerprint density at radius 1 is 0.793 bits per heavy atom. The predicted octanol–water partition coefficient (Wildman–Crippen LogP) is 4.05. The lowest BCUT2D eigenvalue weighted by atomic mass is 9.96. The first kappa shape index (κ1) is 18.4. The van der Waals surface area contributed by atoms with Gasteiger partial charge in [0.25, 0.3) is 0 Å². The summed E-state index contributed by atoms with van der Waals surface area (Å²) >= 11 is 2.76. The average molecular weight is 410 g/mol. The van der Waals surface area contributed by atoms with Crippen molar-refractivity contribution in [2.75, 3.05) is 0 Å². The zero-order chi connectivity index (χ0) is 20.5. The molecule has 4 nitrogen and oxygen atoms in total. The number of hydrogen-bond acceptors (Lipinski definition) is 6. The van der Waals surface area contributed by atoms with Gasteiger partial charge in [-0.2, -0.15) is 21.0 Å². The van der Waals surface area contributed by atoms with E-state index in [1.54, 1.807) is 0 Å². The highest BCUT2D eigenvalue weighted by molar-refractivity contribution is 7.18. The Labute approximate surface area is 172 Å². The van der Waals surface area contributed by atoms with Gasteiger partial charge in [0, 0.05) is 36.2 Å². The van der Waals surface area contributed by atoms with Gasteiger partial charge >= 0.3 is 0 Å². The summed E-state index contributed by atoms with van der Waals surface area (Å²) in [6.45, 7) is 0. The van der Waals surface area contributed by atoms with E-state index in [1.807, 2.05) is 41.1 Å². The summed E-state index contributed by atoms with van der Waals surface area (Å²) in [7, 11) is 0. The average Bonchev–Trinajstić information content (AvgIpc) is 3.40. The van der Waals surface area contributed by atoms with E-state index < -0.39 is 5.82 Å². The molecule has 7 heteroatoms. The second-order valence-electron chi connectivity index (χ2n) is 5.96. The number of halogens is 1. The van der Waals surface area contributed by atoms with Gasteiger partial charge in [-0.3, -0.25) is 0 Å². The maximum Gasteiger partial charge on any atom is 0.138 e. The first-order valence-electron chi connectivity index (χ1n) is 8.20. The third kappa shape index (κ3) is 2.75. The summed E-state index contributed by atoms with van der Waals surface area (Å²) in [5.41, 5.74) is 0.668. The molecule has 0 bridgehead atoms. The van der Waals surface area contributed by atoms with E-state index in [4.69, 9.17) is 0 Å². The number of nitrogens with zero attached hydrogens (tertiary/aromatic N) is 4. The molecule has 2 aromatic heterocycles. The molecule has 29 heavy (non-hydrogen) atoms. The van der Waals surface area contributed by atoms with E-state index in [9.17, 15) is 25.4 Å². The third-order valence-corrected chi connectivity index (χ3v) is 6.39. The van der Waals surface area contributed by atoms with Crippen LogP contribution in [0, 0.1) is 51.1 Å². The van der Waals surface area contributed by atoms with E-state index in [1.165, 1.54) is 34.8 Å². The number of hydrogen-bond donors (Lipinski definition) is 0. The molecule has 0 aliphatic heterocycles. The van der Waals surface area contributed by atoms with Crippen LogP contribution in [0.3, 0.4) is 0 Å². The van der Waals surface area contributed by atoms with Crippen LogP contribution in [0.2, 0.25) is 0 Å². The quantitative estimate of drug-likeness (QED) is 0.473. The highest BCUT2D eigenvalue weighted by atomic mass is 32.1. The number of rotatable bonds is 1. The first-order chi connectivity index (χ1) is 14.1. The summed E-state index contributed by atoms with van der Waals surface area (Å²) in [5.74, 6) is -0.554. The monoisotopic (exact) mass is 410 g/mol. The van der Waals surface area contributed by atoms with Gasteiger partial charge in [-0.15, -0.1) is 22.7 Å². The van der Waals surface area contributed by atoms with Crippen LogP contribution >= 0.6 is 22.7 Å². The van der Waals surface area contributed by atoms with Crippen molar-refractivity contribution in [3.05, 3.63) is 68.5 Å². The van der Waals surface area contributed by atoms with Crippen LogP contribution in [-0.2, 0) is 0 Å². The molecule has 0 unspecified atom stereocenters. The molecule has 2 heterocycles. The molecule has 4 aromatic rings. The zero-order valence-electron chi connectivity index (χ0n) is 14.5. The maximum absolute atomic E-state index is 13.6. The van der Waals surface area contributed by atoms with Gasteiger partial charge in [0.15, 0.2) is 0 Å². The number of fused-ring (bicyclic) bond motifs is 2. The molecule has 0 atom stereocenters. The van der Waals surface area contributed by atoms with Crippen molar-refractivity contribution in [3.8, 4) is 24.3 Å². The minimum atomic E-state index is -0.554. The summed E-state index contributed by atoms with van der Waals surface area (Å²) in [5, 5.41) is 44.6. The first-order valence-corrected chi connectivity index (χ1v) is 9.95. The maximum atomic E-state index is 13.6. The Hall–Kier alpha value is -4.01. The van der Waals surface area contributed by atoms with Crippen LogP contribution < -0.4 is 10.4 Å². The van der Waals surface area contributed by atoms with Crippen molar-refractivity contribution in [1.82, 2.24) is 0 Å². The molecule has 0 saturated carbocycles. The van der Waals surface area contributed by atoms with Crippen LogP contribution in [-0.4, -0.2) is 0 Å². The van der Waals surface area contributed by atoms with Crippen molar-refractivity contribution in [2.24, 2.45) is 0 Å². The smallest absolute Gasteiger partial charge is 0.138 e. The largest absolute Gasteiger partial charge is 0.207 e. The fourth-order valence-electron chi connectivity index (χ4n) is 3.36. The van der Waals surface area contributed by atoms with Crippen molar-refractivity contribution in [3.63, 3.8) is 0 Å². The summed E-state index contributed by atoms with van der Waals surface area (Å²) in [4.78, 5) is 0. The van der Waals surface area contributed by atoms with Crippen LogP contribution in [0.5, 0.6) is 0 Å². The molecule has 0 amide bonds. The standard InChI is InChI=1S/C22H7FN4S2/c23-14-1-2-15(12(7-14)8-24)18(11-27)20-17-4-6-28-21(17)19(13(9-25)10-26)16-3-5-29-22(16)20/h1-7H/b20-18-. The lowest BCUT2D eigenvalue weighted by Crippen LogP contribution is -2.16. The molecule has 0 aliphatic carbocycles. The summed E-state index contributed by atoms with van der Waals surface area (Å²) in [6.07, 6.45) is 0. The highest BCUT2D eigenvalue weighted by Gasteiger charge is 2.17. The Kier molecular flexibility index (Phi) is 4.55. The minimum absolute atomic E-state index is 0.00500. The summed E-state index contributed by atoms with van der Waals surface area (Å²) < 4.78 is 15.1. The van der Waals surface area contributed by atoms with Crippen LogP contribution in [0.1, 0.15) is 11.1 Å². The molecular formula is C22H7FN4S2. The fourth-order valence-corrected chi connectivity index (χ4v) is 5.29. The second-order valence-corrected chi connectivity index (χ2v) is 7.80. The highest BCUT2D eigenvalue weighted by Crippen LogP contribution is 2.26. The minimum Gasteiger partial charge on any atom is -0.207 e. The molecule has 0 radical (unpaired) electrons. The molecule has 4 rings (SSSR count). The third-order valence-electron chi connectivity index (χ3n) is 4.53. The van der Waals surface area contributed by atoms with Crippen molar-refractivity contribution in [1.29, 1.82) is 21.0 Å². The normalized spacial score (nSPS) is 11.3. The molecule has 0 N–H and O–H groups in total. The molecular weight excluding hydrogens is 403 g/mol. The zero-order valence-corrected chi connectivity index (χ0v) is 16.2. The molecule has 2 aromatic carbocycles. The van der Waals surface area contributed by atoms with Crippen molar-refractivity contribution >= 4 is 54.0 Å². The number of thiophene rings is 2. The Bertz CT molecular complexity index is 1540. The molecule has 0 saturated heterocycles. The van der Waals surface area contributed by atoms with Gasteiger partial charge in [-0.25, -0.2) is 4.39 Å². The SMILES string of the molecule is N#CC(C#N)=c1c2ccsc2/c(=C(/C#N)c2ccc(F)cc2C#N)c2ccsc12.